The number of rotatable bonds is 3. The molecule has 0 amide bonds. The van der Waals surface area contributed by atoms with E-state index in [0.717, 1.165) is 22.4 Å². The molecule has 1 aromatic carbocycles. The molecule has 1 aromatic heterocycles. The average molecular weight is 351 g/mol. The molecule has 116 valence electrons. The third kappa shape index (κ3) is 4.45. The minimum absolute atomic E-state index is 0. The molecule has 0 bridgehead atoms. The minimum Gasteiger partial charge on any atom is -0.436 e. The lowest BCUT2D eigenvalue weighted by Gasteiger charge is -2.13. The largest absolute Gasteiger partial charge is 0.436 e. The fraction of sp³-hybridized carbons (Fsp3) is 0.286. The summed E-state index contributed by atoms with van der Waals surface area (Å²) in [6, 6.07) is 5.58. The van der Waals surface area contributed by atoms with Gasteiger partial charge in [0.05, 0.1) is 10.7 Å². The Balaban J connectivity index is 0.00000200. The molecule has 0 fully saturated rings. The molecular formula is C14H18Cl3N3O. The van der Waals surface area contributed by atoms with E-state index in [-0.39, 0.29) is 24.8 Å². The van der Waals surface area contributed by atoms with E-state index in [1.54, 1.807) is 6.07 Å². The van der Waals surface area contributed by atoms with Crippen LogP contribution in [0.5, 0.6) is 11.6 Å². The van der Waals surface area contributed by atoms with E-state index >= 15 is 0 Å². The van der Waals surface area contributed by atoms with Gasteiger partial charge in [-0.1, -0.05) is 17.7 Å². The molecular weight excluding hydrogens is 333 g/mol. The van der Waals surface area contributed by atoms with Crippen molar-refractivity contribution in [3.8, 4) is 11.6 Å². The molecule has 0 saturated heterocycles. The third-order valence-corrected chi connectivity index (χ3v) is 3.35. The standard InChI is InChI=1S/C14H16ClN3O.2ClH/c1-8-4-5-12(15)13(6-8)19-14-11(7-16)9(2)10(3)17-18-14;;/h4-6H,7,16H2,1-3H3;2*1H. The van der Waals surface area contributed by atoms with E-state index in [1.807, 2.05) is 32.9 Å². The smallest absolute Gasteiger partial charge is 0.243 e. The van der Waals surface area contributed by atoms with Gasteiger partial charge < -0.3 is 10.5 Å². The maximum Gasteiger partial charge on any atom is 0.243 e. The summed E-state index contributed by atoms with van der Waals surface area (Å²) >= 11 is 6.11. The summed E-state index contributed by atoms with van der Waals surface area (Å²) in [5, 5.41) is 8.66. The molecule has 0 aliphatic heterocycles. The van der Waals surface area contributed by atoms with Crippen LogP contribution in [0.15, 0.2) is 18.2 Å². The Labute approximate surface area is 141 Å². The zero-order chi connectivity index (χ0) is 14.0. The summed E-state index contributed by atoms with van der Waals surface area (Å²) < 4.78 is 5.76. The average Bonchev–Trinajstić information content (AvgIpc) is 2.38. The quantitative estimate of drug-likeness (QED) is 0.903. The van der Waals surface area contributed by atoms with Crippen molar-refractivity contribution in [2.45, 2.75) is 27.3 Å². The van der Waals surface area contributed by atoms with Gasteiger partial charge in [0.15, 0.2) is 0 Å². The number of ether oxygens (including phenoxy) is 1. The van der Waals surface area contributed by atoms with Crippen molar-refractivity contribution in [1.29, 1.82) is 0 Å². The molecule has 0 atom stereocenters. The summed E-state index contributed by atoms with van der Waals surface area (Å²) in [7, 11) is 0. The first-order chi connectivity index (χ1) is 9.02. The van der Waals surface area contributed by atoms with Crippen molar-refractivity contribution >= 4 is 36.4 Å². The van der Waals surface area contributed by atoms with Crippen LogP contribution in [0, 0.1) is 20.8 Å². The van der Waals surface area contributed by atoms with Crippen molar-refractivity contribution in [1.82, 2.24) is 10.2 Å². The Morgan fingerprint density at radius 2 is 1.81 bits per heavy atom. The number of halogens is 3. The van der Waals surface area contributed by atoms with Gasteiger partial charge in [-0.15, -0.1) is 29.9 Å². The Morgan fingerprint density at radius 3 is 2.43 bits per heavy atom. The molecule has 2 N–H and O–H groups in total. The van der Waals surface area contributed by atoms with E-state index in [0.29, 0.717) is 23.2 Å². The summed E-state index contributed by atoms with van der Waals surface area (Å²) in [6.07, 6.45) is 0. The fourth-order valence-corrected chi connectivity index (χ4v) is 1.91. The van der Waals surface area contributed by atoms with Crippen molar-refractivity contribution in [3.63, 3.8) is 0 Å². The lowest BCUT2D eigenvalue weighted by atomic mass is 10.1. The van der Waals surface area contributed by atoms with Crippen LogP contribution in [0.1, 0.15) is 22.4 Å². The van der Waals surface area contributed by atoms with Crippen LogP contribution < -0.4 is 10.5 Å². The predicted octanol–water partition coefficient (Wildman–Crippen LogP) is 4.15. The molecule has 7 heteroatoms. The maximum absolute atomic E-state index is 6.11. The van der Waals surface area contributed by atoms with Gasteiger partial charge in [-0.05, 0) is 44.0 Å². The second-order valence-electron chi connectivity index (χ2n) is 4.43. The Bertz CT molecular complexity index is 621. The number of nitrogens with zero attached hydrogens (tertiary/aromatic N) is 2. The monoisotopic (exact) mass is 349 g/mol. The predicted molar refractivity (Wildman–Crippen MR) is 90.2 cm³/mol. The molecule has 0 radical (unpaired) electrons. The van der Waals surface area contributed by atoms with Crippen molar-refractivity contribution < 1.29 is 4.74 Å². The molecule has 21 heavy (non-hydrogen) atoms. The lowest BCUT2D eigenvalue weighted by Crippen LogP contribution is -2.07. The number of benzene rings is 1. The highest BCUT2D eigenvalue weighted by Crippen LogP contribution is 2.31. The van der Waals surface area contributed by atoms with Gasteiger partial charge >= 0.3 is 0 Å². The Kier molecular flexibility index (Phi) is 7.96. The van der Waals surface area contributed by atoms with Crippen LogP contribution >= 0.6 is 36.4 Å². The highest BCUT2D eigenvalue weighted by atomic mass is 35.5. The van der Waals surface area contributed by atoms with E-state index in [1.165, 1.54) is 0 Å². The topological polar surface area (TPSA) is 61.0 Å². The molecule has 4 nitrogen and oxygen atoms in total. The molecule has 0 spiro atoms. The van der Waals surface area contributed by atoms with Gasteiger partial charge in [0.1, 0.15) is 5.75 Å². The lowest BCUT2D eigenvalue weighted by molar-refractivity contribution is 0.446. The van der Waals surface area contributed by atoms with Gasteiger partial charge in [0, 0.05) is 12.1 Å². The third-order valence-electron chi connectivity index (χ3n) is 3.04. The first-order valence-electron chi connectivity index (χ1n) is 5.99. The van der Waals surface area contributed by atoms with E-state index < -0.39 is 0 Å². The zero-order valence-electron chi connectivity index (χ0n) is 12.0. The van der Waals surface area contributed by atoms with Crippen molar-refractivity contribution in [3.05, 3.63) is 45.6 Å². The zero-order valence-corrected chi connectivity index (χ0v) is 14.4. The van der Waals surface area contributed by atoms with Gasteiger partial charge in [-0.2, -0.15) is 5.10 Å². The Hall–Kier alpha value is -1.07. The minimum atomic E-state index is 0. The van der Waals surface area contributed by atoms with Crippen LogP contribution in [-0.4, -0.2) is 10.2 Å². The summed E-state index contributed by atoms with van der Waals surface area (Å²) in [6.45, 7) is 6.17. The first-order valence-corrected chi connectivity index (χ1v) is 6.37. The molecule has 0 aliphatic rings. The molecule has 2 rings (SSSR count). The van der Waals surface area contributed by atoms with Crippen LogP contribution in [0.2, 0.25) is 5.02 Å². The van der Waals surface area contributed by atoms with E-state index in [9.17, 15) is 0 Å². The number of aryl methyl sites for hydroxylation is 2. The number of hydrogen-bond donors (Lipinski definition) is 1. The maximum atomic E-state index is 6.11. The molecule has 0 unspecified atom stereocenters. The van der Waals surface area contributed by atoms with Gasteiger partial charge in [0.25, 0.3) is 0 Å². The van der Waals surface area contributed by atoms with Gasteiger partial charge in [-0.25, -0.2) is 0 Å². The molecule has 2 aromatic rings. The molecule has 0 saturated carbocycles. The number of aromatic nitrogens is 2. The van der Waals surface area contributed by atoms with Crippen LogP contribution in [0.4, 0.5) is 0 Å². The summed E-state index contributed by atoms with van der Waals surface area (Å²) in [5.41, 5.74) is 9.52. The normalized spacial score (nSPS) is 9.57. The highest BCUT2D eigenvalue weighted by Gasteiger charge is 2.13. The number of nitrogens with two attached hydrogens (primary N) is 1. The second-order valence-corrected chi connectivity index (χ2v) is 4.84. The van der Waals surface area contributed by atoms with Gasteiger partial charge in [-0.3, -0.25) is 0 Å². The van der Waals surface area contributed by atoms with Crippen LogP contribution in [-0.2, 0) is 6.54 Å². The van der Waals surface area contributed by atoms with Crippen molar-refractivity contribution in [2.75, 3.05) is 0 Å². The molecule has 1 heterocycles. The summed E-state index contributed by atoms with van der Waals surface area (Å²) in [4.78, 5) is 0. The van der Waals surface area contributed by atoms with Crippen LogP contribution in [0.25, 0.3) is 0 Å². The fourth-order valence-electron chi connectivity index (χ4n) is 1.75. The SMILES string of the molecule is Cc1ccc(Cl)c(Oc2nnc(C)c(C)c2CN)c1.Cl.Cl. The van der Waals surface area contributed by atoms with Crippen LogP contribution in [0.3, 0.4) is 0 Å². The second kappa shape index (κ2) is 8.39. The Morgan fingerprint density at radius 1 is 1.14 bits per heavy atom. The van der Waals surface area contributed by atoms with Gasteiger partial charge in [0.2, 0.25) is 5.88 Å². The molecule has 0 aliphatic carbocycles. The van der Waals surface area contributed by atoms with E-state index in [2.05, 4.69) is 10.2 Å². The number of hydrogen-bond acceptors (Lipinski definition) is 4. The summed E-state index contributed by atoms with van der Waals surface area (Å²) in [5.74, 6) is 0.979. The van der Waals surface area contributed by atoms with Crippen molar-refractivity contribution in [2.24, 2.45) is 5.73 Å². The first kappa shape index (κ1) is 19.9. The highest BCUT2D eigenvalue weighted by molar-refractivity contribution is 6.32. The van der Waals surface area contributed by atoms with E-state index in [4.69, 9.17) is 22.1 Å².